The molecule has 0 radical (unpaired) electrons. The van der Waals surface area contributed by atoms with Crippen LogP contribution in [0, 0.1) is 6.92 Å². The smallest absolute Gasteiger partial charge is 0.252 e. The van der Waals surface area contributed by atoms with E-state index in [0.29, 0.717) is 5.56 Å². The van der Waals surface area contributed by atoms with Gasteiger partial charge >= 0.3 is 0 Å². The fourth-order valence-corrected chi connectivity index (χ4v) is 3.54. The molecule has 1 fully saturated rings. The summed E-state index contributed by atoms with van der Waals surface area (Å²) in [6.07, 6.45) is 4.31. The highest BCUT2D eigenvalue weighted by Gasteiger charge is 2.19. The summed E-state index contributed by atoms with van der Waals surface area (Å²) in [5.74, 6) is -0.424. The summed E-state index contributed by atoms with van der Waals surface area (Å²) in [4.78, 5) is 24.8. The van der Waals surface area contributed by atoms with Crippen LogP contribution in [0.1, 0.15) is 27.5 Å². The predicted octanol–water partition coefficient (Wildman–Crippen LogP) is 1.66. The van der Waals surface area contributed by atoms with Crippen molar-refractivity contribution in [2.24, 2.45) is 5.73 Å². The zero-order valence-corrected chi connectivity index (χ0v) is 14.1. The molecule has 1 aliphatic rings. The first kappa shape index (κ1) is 15.9. The lowest BCUT2D eigenvalue weighted by molar-refractivity contribution is 0.100. The Morgan fingerprint density at radius 1 is 1.35 bits per heavy atom. The Balaban J connectivity index is 1.68. The number of anilines is 1. The third-order valence-electron chi connectivity index (χ3n) is 4.04. The molecule has 1 saturated heterocycles. The molecule has 23 heavy (non-hydrogen) atoms. The Labute approximate surface area is 140 Å². The number of hydrogen-bond acceptors (Lipinski definition) is 6. The van der Waals surface area contributed by atoms with E-state index in [9.17, 15) is 4.79 Å². The largest absolute Gasteiger partial charge is 0.369 e. The van der Waals surface area contributed by atoms with Crippen molar-refractivity contribution >= 4 is 22.9 Å². The van der Waals surface area contributed by atoms with Gasteiger partial charge in [0.05, 0.1) is 22.0 Å². The van der Waals surface area contributed by atoms with E-state index in [2.05, 4.69) is 25.1 Å². The van der Waals surface area contributed by atoms with Gasteiger partial charge < -0.3 is 10.6 Å². The number of nitrogens with two attached hydrogens (primary N) is 1. The Kier molecular flexibility index (Phi) is 4.88. The van der Waals surface area contributed by atoms with Crippen LogP contribution in [-0.4, -0.2) is 47.0 Å². The van der Waals surface area contributed by atoms with Crippen molar-refractivity contribution in [3.63, 3.8) is 0 Å². The van der Waals surface area contributed by atoms with Gasteiger partial charge in [0, 0.05) is 50.5 Å². The Bertz CT molecular complexity index is 687. The Hall–Kier alpha value is -1.99. The van der Waals surface area contributed by atoms with Gasteiger partial charge in [0.2, 0.25) is 0 Å². The van der Waals surface area contributed by atoms with Crippen molar-refractivity contribution in [2.45, 2.75) is 19.9 Å². The first-order valence-corrected chi connectivity index (χ1v) is 8.63. The molecule has 0 bridgehead atoms. The lowest BCUT2D eigenvalue weighted by Crippen LogP contribution is -2.32. The highest BCUT2D eigenvalue weighted by molar-refractivity contribution is 7.09. The van der Waals surface area contributed by atoms with Crippen molar-refractivity contribution in [1.82, 2.24) is 14.9 Å². The minimum atomic E-state index is -0.424. The highest BCUT2D eigenvalue weighted by Crippen LogP contribution is 2.21. The van der Waals surface area contributed by atoms with E-state index >= 15 is 0 Å². The number of primary amides is 1. The Morgan fingerprint density at radius 2 is 2.22 bits per heavy atom. The molecule has 1 aliphatic heterocycles. The number of rotatable bonds is 4. The van der Waals surface area contributed by atoms with Crippen LogP contribution >= 0.6 is 11.3 Å². The molecule has 3 rings (SSSR count). The van der Waals surface area contributed by atoms with Gasteiger partial charge in [0.25, 0.3) is 5.91 Å². The van der Waals surface area contributed by atoms with Crippen LogP contribution in [0.15, 0.2) is 23.8 Å². The third kappa shape index (κ3) is 3.86. The molecule has 0 unspecified atom stereocenters. The number of carbonyl (C=O) groups is 1. The molecule has 0 spiro atoms. The molecular formula is C16H21N5OS. The van der Waals surface area contributed by atoms with E-state index in [-0.39, 0.29) is 0 Å². The number of aryl methyl sites for hydroxylation is 1. The average molecular weight is 331 g/mol. The monoisotopic (exact) mass is 331 g/mol. The van der Waals surface area contributed by atoms with Gasteiger partial charge in [-0.1, -0.05) is 0 Å². The maximum Gasteiger partial charge on any atom is 0.252 e. The highest BCUT2D eigenvalue weighted by atomic mass is 32.1. The molecule has 122 valence electrons. The zero-order chi connectivity index (χ0) is 16.2. The molecule has 2 aromatic rings. The van der Waals surface area contributed by atoms with Gasteiger partial charge in [0.1, 0.15) is 0 Å². The first-order valence-electron chi connectivity index (χ1n) is 7.75. The molecule has 0 atom stereocenters. The molecule has 2 aromatic heterocycles. The summed E-state index contributed by atoms with van der Waals surface area (Å²) in [5.41, 5.74) is 7.99. The summed E-state index contributed by atoms with van der Waals surface area (Å²) < 4.78 is 0. The van der Waals surface area contributed by atoms with Crippen LogP contribution < -0.4 is 10.6 Å². The van der Waals surface area contributed by atoms with E-state index < -0.39 is 5.91 Å². The van der Waals surface area contributed by atoms with Gasteiger partial charge in [-0.05, 0) is 19.4 Å². The summed E-state index contributed by atoms with van der Waals surface area (Å²) in [5, 5.41) is 3.24. The molecule has 6 nitrogen and oxygen atoms in total. The molecule has 2 N–H and O–H groups in total. The average Bonchev–Trinajstić information content (AvgIpc) is 2.81. The van der Waals surface area contributed by atoms with Crippen molar-refractivity contribution in [3.05, 3.63) is 40.1 Å². The van der Waals surface area contributed by atoms with E-state index in [1.54, 1.807) is 23.7 Å². The third-order valence-corrected chi connectivity index (χ3v) is 4.87. The van der Waals surface area contributed by atoms with Crippen LogP contribution in [0.3, 0.4) is 0 Å². The second-order valence-corrected chi connectivity index (χ2v) is 6.79. The van der Waals surface area contributed by atoms with E-state index in [1.165, 1.54) is 0 Å². The number of amides is 1. The summed E-state index contributed by atoms with van der Waals surface area (Å²) in [6, 6.07) is 1.87. The standard InChI is InChI=1S/C16H21N5OS/c1-12-19-13(11-23-12)10-20-5-2-6-21(8-7-20)15-3-4-18-9-14(15)16(17)22/h3-4,9,11H,2,5-8,10H2,1H3,(H2,17,22). The maximum absolute atomic E-state index is 11.6. The van der Waals surface area contributed by atoms with E-state index in [1.807, 2.05) is 13.0 Å². The van der Waals surface area contributed by atoms with E-state index in [4.69, 9.17) is 5.73 Å². The minimum Gasteiger partial charge on any atom is -0.369 e. The summed E-state index contributed by atoms with van der Waals surface area (Å²) >= 11 is 1.69. The van der Waals surface area contributed by atoms with Crippen LogP contribution in [0.5, 0.6) is 0 Å². The lowest BCUT2D eigenvalue weighted by atomic mass is 10.2. The Morgan fingerprint density at radius 3 is 2.96 bits per heavy atom. The molecular weight excluding hydrogens is 310 g/mol. The quantitative estimate of drug-likeness (QED) is 0.922. The fraction of sp³-hybridized carbons (Fsp3) is 0.438. The molecule has 0 aliphatic carbocycles. The number of hydrogen-bond donors (Lipinski definition) is 1. The SMILES string of the molecule is Cc1nc(CN2CCCN(c3ccncc3C(N)=O)CC2)cs1. The van der Waals surface area contributed by atoms with Gasteiger partial charge in [-0.15, -0.1) is 11.3 Å². The fourth-order valence-electron chi connectivity index (χ4n) is 2.93. The van der Waals surface area contributed by atoms with Gasteiger partial charge in [-0.2, -0.15) is 0 Å². The number of pyridine rings is 1. The van der Waals surface area contributed by atoms with Crippen LogP contribution in [0.4, 0.5) is 5.69 Å². The van der Waals surface area contributed by atoms with Crippen LogP contribution in [-0.2, 0) is 6.54 Å². The van der Waals surface area contributed by atoms with Crippen molar-refractivity contribution in [3.8, 4) is 0 Å². The minimum absolute atomic E-state index is 0.424. The summed E-state index contributed by atoms with van der Waals surface area (Å²) in [7, 11) is 0. The van der Waals surface area contributed by atoms with Gasteiger partial charge in [0.15, 0.2) is 0 Å². The van der Waals surface area contributed by atoms with E-state index in [0.717, 1.165) is 55.5 Å². The molecule has 0 aromatic carbocycles. The van der Waals surface area contributed by atoms with Crippen molar-refractivity contribution in [1.29, 1.82) is 0 Å². The van der Waals surface area contributed by atoms with Crippen molar-refractivity contribution < 1.29 is 4.79 Å². The number of carbonyl (C=O) groups excluding carboxylic acids is 1. The maximum atomic E-state index is 11.6. The molecule has 1 amide bonds. The molecule has 3 heterocycles. The summed E-state index contributed by atoms with van der Waals surface area (Å²) in [6.45, 7) is 6.68. The number of nitrogens with zero attached hydrogens (tertiary/aromatic N) is 4. The first-order chi connectivity index (χ1) is 11.1. The lowest BCUT2D eigenvalue weighted by Gasteiger charge is -2.24. The normalized spacial score (nSPS) is 16.3. The van der Waals surface area contributed by atoms with Gasteiger partial charge in [-0.3, -0.25) is 14.7 Å². The molecule has 0 saturated carbocycles. The topological polar surface area (TPSA) is 75.3 Å². The van der Waals surface area contributed by atoms with Crippen LogP contribution in [0.25, 0.3) is 0 Å². The number of thiazole rings is 1. The molecule has 7 heteroatoms. The zero-order valence-electron chi connectivity index (χ0n) is 13.2. The second kappa shape index (κ2) is 7.06. The van der Waals surface area contributed by atoms with Gasteiger partial charge in [-0.25, -0.2) is 4.98 Å². The second-order valence-electron chi connectivity index (χ2n) is 5.73. The van der Waals surface area contributed by atoms with Crippen LogP contribution in [0.2, 0.25) is 0 Å². The number of aromatic nitrogens is 2. The van der Waals surface area contributed by atoms with Crippen molar-refractivity contribution in [2.75, 3.05) is 31.1 Å². The predicted molar refractivity (Wildman–Crippen MR) is 91.7 cm³/mol.